The van der Waals surface area contributed by atoms with Crippen molar-refractivity contribution in [2.45, 2.75) is 26.2 Å². The van der Waals surface area contributed by atoms with Gasteiger partial charge in [-0.05, 0) is 32.4 Å². The van der Waals surface area contributed by atoms with Crippen molar-refractivity contribution in [1.82, 2.24) is 19.3 Å². The lowest BCUT2D eigenvalue weighted by molar-refractivity contribution is 0.352. The summed E-state index contributed by atoms with van der Waals surface area (Å²) < 4.78 is 2.02. The highest BCUT2D eigenvalue weighted by Gasteiger charge is 2.11. The number of fused-ring (bicyclic) bond motifs is 1. The Balaban J connectivity index is 1.68. The molecule has 0 spiro atoms. The van der Waals surface area contributed by atoms with Crippen LogP contribution in [-0.2, 0) is 0 Å². The van der Waals surface area contributed by atoms with Gasteiger partial charge in [0, 0.05) is 32.0 Å². The van der Waals surface area contributed by atoms with Crippen LogP contribution in [-0.4, -0.2) is 52.0 Å². The molecule has 114 valence electrons. The van der Waals surface area contributed by atoms with Gasteiger partial charge in [-0.15, -0.1) is 0 Å². The molecule has 0 radical (unpaired) electrons. The van der Waals surface area contributed by atoms with Gasteiger partial charge < -0.3 is 19.9 Å². The standard InChI is InChI=1S/C15H24N6/c1-2-5-16-13-12-21-11-7-18-15(21)14(19-13)17-6-10-20-8-3-4-9-20/h7,11-12,16H,2-6,8-10H2,1H3,(H,17,19). The van der Waals surface area contributed by atoms with E-state index in [4.69, 9.17) is 0 Å². The van der Waals surface area contributed by atoms with Crippen molar-refractivity contribution in [3.63, 3.8) is 0 Å². The number of likely N-dealkylation sites (tertiary alicyclic amines) is 1. The van der Waals surface area contributed by atoms with Crippen LogP contribution in [0.1, 0.15) is 26.2 Å². The average Bonchev–Trinajstić information content (AvgIpc) is 3.15. The third kappa shape index (κ3) is 3.44. The highest BCUT2D eigenvalue weighted by molar-refractivity contribution is 5.65. The Morgan fingerprint density at radius 3 is 2.86 bits per heavy atom. The molecule has 2 N–H and O–H groups in total. The number of imidazole rings is 1. The van der Waals surface area contributed by atoms with E-state index in [1.54, 1.807) is 0 Å². The van der Waals surface area contributed by atoms with Crippen molar-refractivity contribution < 1.29 is 0 Å². The van der Waals surface area contributed by atoms with Crippen molar-refractivity contribution in [3.8, 4) is 0 Å². The number of hydrogen-bond acceptors (Lipinski definition) is 5. The summed E-state index contributed by atoms with van der Waals surface area (Å²) in [6.45, 7) is 7.52. The molecule has 21 heavy (non-hydrogen) atoms. The lowest BCUT2D eigenvalue weighted by Crippen LogP contribution is -2.26. The Hall–Kier alpha value is -1.82. The lowest BCUT2D eigenvalue weighted by atomic mass is 10.4. The topological polar surface area (TPSA) is 57.5 Å². The van der Waals surface area contributed by atoms with Gasteiger partial charge in [-0.1, -0.05) is 6.92 Å². The zero-order chi connectivity index (χ0) is 14.5. The summed E-state index contributed by atoms with van der Waals surface area (Å²) >= 11 is 0. The van der Waals surface area contributed by atoms with E-state index in [0.717, 1.165) is 43.3 Å². The molecule has 3 heterocycles. The lowest BCUT2D eigenvalue weighted by Gasteiger charge is -2.15. The molecular formula is C15H24N6. The second-order valence-electron chi connectivity index (χ2n) is 5.54. The monoisotopic (exact) mass is 288 g/mol. The van der Waals surface area contributed by atoms with Crippen molar-refractivity contribution >= 4 is 17.3 Å². The van der Waals surface area contributed by atoms with Crippen molar-refractivity contribution in [1.29, 1.82) is 0 Å². The van der Waals surface area contributed by atoms with E-state index in [1.165, 1.54) is 25.9 Å². The predicted octanol–water partition coefficient (Wildman–Crippen LogP) is 2.06. The second-order valence-corrected chi connectivity index (χ2v) is 5.54. The van der Waals surface area contributed by atoms with E-state index in [1.807, 2.05) is 23.0 Å². The minimum Gasteiger partial charge on any atom is -0.369 e. The van der Waals surface area contributed by atoms with E-state index in [9.17, 15) is 0 Å². The number of hydrogen-bond donors (Lipinski definition) is 2. The van der Waals surface area contributed by atoms with Gasteiger partial charge in [-0.25, -0.2) is 9.97 Å². The SMILES string of the molecule is CCCNc1cn2ccnc2c(NCCN2CCCC2)n1. The molecule has 0 atom stereocenters. The Morgan fingerprint density at radius 2 is 2.05 bits per heavy atom. The fraction of sp³-hybridized carbons (Fsp3) is 0.600. The molecule has 1 aliphatic heterocycles. The maximum atomic E-state index is 4.65. The van der Waals surface area contributed by atoms with Crippen LogP contribution in [0.2, 0.25) is 0 Å². The molecule has 1 saturated heterocycles. The Kier molecular flexibility index (Phi) is 4.55. The highest BCUT2D eigenvalue weighted by Crippen LogP contribution is 2.16. The molecule has 1 aliphatic rings. The molecular weight excluding hydrogens is 264 g/mol. The molecule has 3 rings (SSSR count). The number of rotatable bonds is 7. The highest BCUT2D eigenvalue weighted by atomic mass is 15.2. The normalized spacial score (nSPS) is 15.7. The smallest absolute Gasteiger partial charge is 0.180 e. The first-order chi connectivity index (χ1) is 10.4. The molecule has 0 saturated carbocycles. The van der Waals surface area contributed by atoms with Crippen LogP contribution in [0, 0.1) is 0 Å². The minimum absolute atomic E-state index is 0.861. The fourth-order valence-electron chi connectivity index (χ4n) is 2.73. The van der Waals surface area contributed by atoms with Gasteiger partial charge in [0.15, 0.2) is 11.5 Å². The molecule has 2 aromatic heterocycles. The quantitative estimate of drug-likeness (QED) is 0.817. The summed E-state index contributed by atoms with van der Waals surface area (Å²) in [5, 5.41) is 6.78. The average molecular weight is 288 g/mol. The third-order valence-electron chi connectivity index (χ3n) is 3.85. The largest absolute Gasteiger partial charge is 0.369 e. The van der Waals surface area contributed by atoms with Crippen LogP contribution >= 0.6 is 0 Å². The summed E-state index contributed by atoms with van der Waals surface area (Å²) in [5.74, 6) is 1.76. The summed E-state index contributed by atoms with van der Waals surface area (Å²) in [6, 6.07) is 0. The molecule has 0 bridgehead atoms. The van der Waals surface area contributed by atoms with E-state index in [0.29, 0.717) is 0 Å². The van der Waals surface area contributed by atoms with Gasteiger partial charge in [0.2, 0.25) is 0 Å². The Morgan fingerprint density at radius 1 is 1.19 bits per heavy atom. The molecule has 0 aliphatic carbocycles. The van der Waals surface area contributed by atoms with Crippen LogP contribution in [0.5, 0.6) is 0 Å². The number of nitrogens with zero attached hydrogens (tertiary/aromatic N) is 4. The zero-order valence-electron chi connectivity index (χ0n) is 12.7. The summed E-state index contributed by atoms with van der Waals surface area (Å²) in [6.07, 6.45) is 9.51. The van der Waals surface area contributed by atoms with Crippen LogP contribution in [0.25, 0.3) is 5.65 Å². The van der Waals surface area contributed by atoms with E-state index in [2.05, 4.69) is 32.4 Å². The first kappa shape index (κ1) is 14.1. The number of anilines is 2. The summed E-state index contributed by atoms with van der Waals surface area (Å²) in [5.41, 5.74) is 0.887. The molecule has 6 heteroatoms. The van der Waals surface area contributed by atoms with Crippen molar-refractivity contribution in [2.24, 2.45) is 0 Å². The van der Waals surface area contributed by atoms with Gasteiger partial charge in [0.25, 0.3) is 0 Å². The Labute approximate surface area is 125 Å². The zero-order valence-corrected chi connectivity index (χ0v) is 12.7. The van der Waals surface area contributed by atoms with Gasteiger partial charge >= 0.3 is 0 Å². The van der Waals surface area contributed by atoms with Crippen molar-refractivity contribution in [2.75, 3.05) is 43.4 Å². The van der Waals surface area contributed by atoms with Gasteiger partial charge in [-0.3, -0.25) is 0 Å². The van der Waals surface area contributed by atoms with E-state index in [-0.39, 0.29) is 0 Å². The second kappa shape index (κ2) is 6.76. The molecule has 2 aromatic rings. The molecule has 0 aromatic carbocycles. The Bertz CT molecular complexity index is 573. The molecule has 0 amide bonds. The van der Waals surface area contributed by atoms with Crippen LogP contribution < -0.4 is 10.6 Å². The number of aromatic nitrogens is 3. The third-order valence-corrected chi connectivity index (χ3v) is 3.85. The van der Waals surface area contributed by atoms with E-state index < -0.39 is 0 Å². The maximum absolute atomic E-state index is 4.65. The molecule has 0 unspecified atom stereocenters. The van der Waals surface area contributed by atoms with Crippen molar-refractivity contribution in [3.05, 3.63) is 18.6 Å². The van der Waals surface area contributed by atoms with E-state index >= 15 is 0 Å². The predicted molar refractivity (Wildman–Crippen MR) is 85.9 cm³/mol. The summed E-state index contributed by atoms with van der Waals surface area (Å²) in [7, 11) is 0. The molecule has 6 nitrogen and oxygen atoms in total. The van der Waals surface area contributed by atoms with Gasteiger partial charge in [0.05, 0.1) is 6.20 Å². The fourth-order valence-corrected chi connectivity index (χ4v) is 2.73. The van der Waals surface area contributed by atoms with Gasteiger partial charge in [0.1, 0.15) is 5.82 Å². The first-order valence-electron chi connectivity index (χ1n) is 7.90. The number of nitrogens with one attached hydrogen (secondary N) is 2. The first-order valence-corrected chi connectivity index (χ1v) is 7.90. The maximum Gasteiger partial charge on any atom is 0.180 e. The van der Waals surface area contributed by atoms with Gasteiger partial charge in [-0.2, -0.15) is 0 Å². The van der Waals surface area contributed by atoms with Crippen LogP contribution in [0.3, 0.4) is 0 Å². The minimum atomic E-state index is 0.861. The van der Waals surface area contributed by atoms with Crippen LogP contribution in [0.15, 0.2) is 18.6 Å². The van der Waals surface area contributed by atoms with Crippen LogP contribution in [0.4, 0.5) is 11.6 Å². The molecule has 1 fully saturated rings. The summed E-state index contributed by atoms with van der Waals surface area (Å²) in [4.78, 5) is 11.5.